The number of ketones is 1. The van der Waals surface area contributed by atoms with E-state index in [2.05, 4.69) is 26.6 Å². The van der Waals surface area contributed by atoms with Gasteiger partial charge in [0, 0.05) is 50.5 Å². The summed E-state index contributed by atoms with van der Waals surface area (Å²) in [6, 6.07) is 2.74. The summed E-state index contributed by atoms with van der Waals surface area (Å²) >= 11 is 0. The second kappa shape index (κ2) is 15.7. The van der Waals surface area contributed by atoms with Crippen molar-refractivity contribution in [3.8, 4) is 0 Å². The summed E-state index contributed by atoms with van der Waals surface area (Å²) in [6.07, 6.45) is 4.26. The molecular weight excluding hydrogens is 563 g/mol. The molecule has 0 spiro atoms. The minimum Gasteiger partial charge on any atom is -0.354 e. The summed E-state index contributed by atoms with van der Waals surface area (Å²) in [5.74, 6) is -0.967. The third-order valence-electron chi connectivity index (χ3n) is 7.89. The minimum absolute atomic E-state index is 0.0202. The number of aromatic nitrogens is 1. The van der Waals surface area contributed by atoms with Crippen LogP contribution in [0, 0.1) is 5.92 Å². The summed E-state index contributed by atoms with van der Waals surface area (Å²) < 4.78 is 15.5. The van der Waals surface area contributed by atoms with E-state index in [-0.39, 0.29) is 48.7 Å². The molecule has 0 aromatic carbocycles. The Bertz CT molecular complexity index is 1230. The first-order valence-corrected chi connectivity index (χ1v) is 14.8. The number of nitrogens with one attached hydrogen (secondary N) is 5. The Morgan fingerprint density at radius 3 is 2.65 bits per heavy atom. The lowest BCUT2D eigenvalue weighted by Gasteiger charge is -2.30. The quantitative estimate of drug-likeness (QED) is 0.0748. The van der Waals surface area contributed by atoms with E-state index < -0.39 is 22.0 Å². The Kier molecular flexibility index (Phi) is 12.3. The van der Waals surface area contributed by atoms with E-state index >= 15 is 0 Å². The molecule has 43 heavy (non-hydrogen) atoms. The highest BCUT2D eigenvalue weighted by Crippen LogP contribution is 2.45. The van der Waals surface area contributed by atoms with E-state index in [0.29, 0.717) is 44.9 Å². The second-order valence-corrected chi connectivity index (χ2v) is 11.3. The molecular formula is C28H44FN8O6+. The monoisotopic (exact) mass is 607 g/mol. The van der Waals surface area contributed by atoms with Crippen molar-refractivity contribution >= 4 is 35.6 Å². The van der Waals surface area contributed by atoms with Gasteiger partial charge in [0.05, 0.1) is 0 Å². The number of anilines is 1. The lowest BCUT2D eigenvalue weighted by atomic mass is 9.98. The van der Waals surface area contributed by atoms with Crippen molar-refractivity contribution in [1.82, 2.24) is 30.7 Å². The van der Waals surface area contributed by atoms with E-state index in [1.807, 2.05) is 18.9 Å². The Morgan fingerprint density at radius 2 is 1.98 bits per heavy atom. The topological polar surface area (TPSA) is 171 Å². The van der Waals surface area contributed by atoms with Gasteiger partial charge in [-0.25, -0.2) is 4.90 Å². The number of nitrogens with zero attached hydrogens (tertiary/aromatic N) is 3. The Morgan fingerprint density at radius 1 is 1.21 bits per heavy atom. The number of halogens is 1. The first-order chi connectivity index (χ1) is 20.5. The zero-order valence-corrected chi connectivity index (χ0v) is 25.1. The van der Waals surface area contributed by atoms with E-state index in [1.165, 1.54) is 16.8 Å². The molecule has 5 N–H and O–H groups in total. The van der Waals surface area contributed by atoms with Gasteiger partial charge in [-0.1, -0.05) is 0 Å². The average Bonchev–Trinajstić information content (AvgIpc) is 3.29. The van der Waals surface area contributed by atoms with Crippen LogP contribution < -0.4 is 32.1 Å². The fourth-order valence-corrected chi connectivity index (χ4v) is 5.94. The van der Waals surface area contributed by atoms with E-state index in [9.17, 15) is 33.2 Å². The van der Waals surface area contributed by atoms with E-state index in [0.717, 1.165) is 25.9 Å². The van der Waals surface area contributed by atoms with Crippen LogP contribution >= 0.6 is 0 Å². The van der Waals surface area contributed by atoms with Gasteiger partial charge in [0.15, 0.2) is 12.7 Å². The number of amides is 4. The highest BCUT2D eigenvalue weighted by Gasteiger charge is 2.65. The lowest BCUT2D eigenvalue weighted by molar-refractivity contribution is -1.06. The standard InChI is InChI=1S/C15H18FN5O3.C13H25N3O3/c16-21-7-10-4-12(21)14(20(5-10)9-21)18-13(23)6-19-3-1-2-11(15(19)24)17-8-22;1-4-15-13(19)11(17)8-7-10(2)16-12(18)6-5-9-14-3/h1-3,8,10,12,14H,4-7,9H2,(H-,17,18,22,23);10,14H,4-9H2,1-3H3,(H,15,19)(H,16,18)/p+1. The molecule has 5 rings (SSSR count). The SMILES string of the molecule is CCNC(=O)C(=O)CCC(C)NC(=O)CCCNC.O=CNc1cccn(CC(=O)NC2C3CC4CN2C[N+]3(F)C4)c1=O. The summed E-state index contributed by atoms with van der Waals surface area (Å²) in [6.45, 7) is 6.35. The number of carbonyl (C=O) groups is 5. The van der Waals surface area contributed by atoms with Crippen molar-refractivity contribution in [3.05, 3.63) is 28.7 Å². The fraction of sp³-hybridized carbons (Fsp3) is 0.643. The molecule has 6 unspecified atom stereocenters. The van der Waals surface area contributed by atoms with Crippen LogP contribution in [0.5, 0.6) is 0 Å². The largest absolute Gasteiger partial charge is 0.354 e. The molecule has 5 heterocycles. The predicted octanol–water partition coefficient (Wildman–Crippen LogP) is -0.788. The molecule has 1 aromatic heterocycles. The number of hydrogen-bond donors (Lipinski definition) is 5. The van der Waals surface area contributed by atoms with Gasteiger partial charge in [0.2, 0.25) is 24.0 Å². The zero-order valence-electron chi connectivity index (χ0n) is 25.1. The van der Waals surface area contributed by atoms with E-state index in [4.69, 9.17) is 0 Å². The molecule has 14 nitrogen and oxygen atoms in total. The number of pyridine rings is 1. The van der Waals surface area contributed by atoms with Crippen molar-refractivity contribution in [2.75, 3.05) is 45.2 Å². The number of carbonyl (C=O) groups excluding carboxylic acids is 5. The summed E-state index contributed by atoms with van der Waals surface area (Å²) in [5.41, 5.74) is -0.339. The molecule has 0 aliphatic carbocycles. The van der Waals surface area contributed by atoms with E-state index in [1.54, 1.807) is 13.0 Å². The van der Waals surface area contributed by atoms with Gasteiger partial charge in [-0.05, 0) is 56.9 Å². The van der Waals surface area contributed by atoms with Crippen LogP contribution in [0.4, 0.5) is 10.2 Å². The van der Waals surface area contributed by atoms with Gasteiger partial charge >= 0.3 is 0 Å². The predicted molar refractivity (Wildman–Crippen MR) is 156 cm³/mol. The van der Waals surface area contributed by atoms with Crippen LogP contribution in [0.3, 0.4) is 0 Å². The van der Waals surface area contributed by atoms with Gasteiger partial charge < -0.3 is 31.2 Å². The highest BCUT2D eigenvalue weighted by molar-refractivity contribution is 6.36. The molecule has 4 fully saturated rings. The Hall–Kier alpha value is -3.69. The van der Waals surface area contributed by atoms with Crippen molar-refractivity contribution in [1.29, 1.82) is 0 Å². The van der Waals surface area contributed by atoms with Crippen molar-refractivity contribution < 1.29 is 33.2 Å². The summed E-state index contributed by atoms with van der Waals surface area (Å²) in [4.78, 5) is 71.0. The lowest BCUT2D eigenvalue weighted by Crippen LogP contribution is -2.54. The highest BCUT2D eigenvalue weighted by atomic mass is 19.2. The number of Topliss-reactive ketones (excluding diaryl/α,β-unsaturated/α-hetero) is 1. The van der Waals surface area contributed by atoms with Crippen molar-refractivity contribution in [3.63, 3.8) is 0 Å². The fourth-order valence-electron chi connectivity index (χ4n) is 5.94. The van der Waals surface area contributed by atoms with Crippen molar-refractivity contribution in [2.24, 2.45) is 5.92 Å². The molecule has 4 aliphatic rings. The average molecular weight is 608 g/mol. The molecule has 0 saturated carbocycles. The molecule has 1 aromatic rings. The van der Waals surface area contributed by atoms with Gasteiger partial charge in [-0.3, -0.25) is 28.8 Å². The van der Waals surface area contributed by atoms with Gasteiger partial charge in [0.1, 0.15) is 24.9 Å². The molecule has 0 radical (unpaired) electrons. The van der Waals surface area contributed by atoms with Crippen LogP contribution in [0.2, 0.25) is 0 Å². The van der Waals surface area contributed by atoms with Crippen LogP contribution in [-0.4, -0.2) is 102 Å². The van der Waals surface area contributed by atoms with Gasteiger partial charge in [0.25, 0.3) is 11.5 Å². The molecule has 238 valence electrons. The summed E-state index contributed by atoms with van der Waals surface area (Å²) in [5, 5.41) is 13.4. The third-order valence-corrected chi connectivity index (χ3v) is 7.89. The number of hydrogen-bond acceptors (Lipinski definition) is 8. The Balaban J connectivity index is 0.000000244. The van der Waals surface area contributed by atoms with Crippen LogP contribution in [0.15, 0.2) is 23.1 Å². The molecule has 4 aliphatic heterocycles. The molecule has 15 heteroatoms. The van der Waals surface area contributed by atoms with Crippen molar-refractivity contribution in [2.45, 2.75) is 70.7 Å². The third kappa shape index (κ3) is 9.15. The number of piperidine rings is 1. The Labute approximate surface area is 250 Å². The van der Waals surface area contributed by atoms with Gasteiger partial charge in [-0.15, -0.1) is 4.71 Å². The van der Waals surface area contributed by atoms with Gasteiger partial charge in [-0.2, -0.15) is 0 Å². The smallest absolute Gasteiger partial charge is 0.287 e. The zero-order chi connectivity index (χ0) is 31.6. The van der Waals surface area contributed by atoms with Crippen LogP contribution in [-0.2, 0) is 30.5 Å². The normalized spacial score (nSPS) is 25.2. The molecule has 4 bridgehead atoms. The van der Waals surface area contributed by atoms with Crippen LogP contribution in [0.1, 0.15) is 46.0 Å². The first kappa shape index (κ1) is 33.8. The maximum Gasteiger partial charge on any atom is 0.287 e. The number of likely N-dealkylation sites (N-methyl/N-ethyl adjacent to an activating group) is 1. The maximum atomic E-state index is 14.8. The molecule has 6 atom stereocenters. The molecule has 4 amide bonds. The second-order valence-electron chi connectivity index (χ2n) is 11.3. The minimum atomic E-state index is -0.546. The number of rotatable bonds is 15. The first-order valence-electron chi connectivity index (χ1n) is 14.8. The maximum absolute atomic E-state index is 14.8. The molecule has 4 saturated heterocycles. The number of quaternary nitrogens is 1. The summed E-state index contributed by atoms with van der Waals surface area (Å²) in [7, 11) is 1.84. The van der Waals surface area contributed by atoms with Crippen LogP contribution in [0.25, 0.3) is 0 Å².